The highest BCUT2D eigenvalue weighted by molar-refractivity contribution is 5.82. The van der Waals surface area contributed by atoms with Crippen LogP contribution in [0.5, 0.6) is 0 Å². The number of hydrogen-bond donors (Lipinski definition) is 0. The van der Waals surface area contributed by atoms with Gasteiger partial charge in [0, 0.05) is 12.3 Å². The van der Waals surface area contributed by atoms with Gasteiger partial charge in [-0.15, -0.1) is 0 Å². The molecule has 0 spiro atoms. The van der Waals surface area contributed by atoms with Crippen molar-refractivity contribution in [2.75, 3.05) is 0 Å². The lowest BCUT2D eigenvalue weighted by atomic mass is 9.73. The molecule has 3 saturated carbocycles. The molecule has 3 aliphatic rings. The molecule has 4 unspecified atom stereocenters. The van der Waals surface area contributed by atoms with Gasteiger partial charge in [0.25, 0.3) is 0 Å². The molecular formula is C11H16O. The van der Waals surface area contributed by atoms with Crippen molar-refractivity contribution in [3.8, 4) is 0 Å². The summed E-state index contributed by atoms with van der Waals surface area (Å²) in [5.74, 6) is 3.63. The highest BCUT2D eigenvalue weighted by atomic mass is 16.1. The summed E-state index contributed by atoms with van der Waals surface area (Å²) in [5, 5.41) is 0. The van der Waals surface area contributed by atoms with Gasteiger partial charge in [0.15, 0.2) is 0 Å². The molecule has 3 bridgehead atoms. The van der Waals surface area contributed by atoms with Gasteiger partial charge in [0.05, 0.1) is 0 Å². The minimum Gasteiger partial charge on any atom is -0.299 e. The average Bonchev–Trinajstić information content (AvgIpc) is 2.33. The Morgan fingerprint density at radius 1 is 1.00 bits per heavy atom. The molecule has 0 N–H and O–H groups in total. The largest absolute Gasteiger partial charge is 0.299 e. The molecule has 4 atom stereocenters. The first-order valence-electron chi connectivity index (χ1n) is 5.35. The van der Waals surface area contributed by atoms with E-state index in [0.29, 0.717) is 11.7 Å². The van der Waals surface area contributed by atoms with E-state index in [9.17, 15) is 4.79 Å². The van der Waals surface area contributed by atoms with E-state index in [1.165, 1.54) is 32.1 Å². The summed E-state index contributed by atoms with van der Waals surface area (Å²) >= 11 is 0. The SMILES string of the molecule is O=C1CC2CCC3CC(C2)C1C3. The van der Waals surface area contributed by atoms with Gasteiger partial charge in [-0.3, -0.25) is 4.79 Å². The zero-order valence-electron chi connectivity index (χ0n) is 7.46. The van der Waals surface area contributed by atoms with Crippen molar-refractivity contribution in [1.82, 2.24) is 0 Å². The van der Waals surface area contributed by atoms with Crippen molar-refractivity contribution in [2.24, 2.45) is 23.7 Å². The van der Waals surface area contributed by atoms with Crippen LogP contribution in [0, 0.1) is 23.7 Å². The Kier molecular flexibility index (Phi) is 1.38. The first kappa shape index (κ1) is 7.11. The second-order valence-electron chi connectivity index (χ2n) is 5.05. The molecule has 3 aliphatic carbocycles. The van der Waals surface area contributed by atoms with Crippen LogP contribution in [0.2, 0.25) is 0 Å². The lowest BCUT2D eigenvalue weighted by molar-refractivity contribution is -0.127. The molecule has 3 fully saturated rings. The molecule has 1 heteroatoms. The van der Waals surface area contributed by atoms with Crippen LogP contribution in [0.25, 0.3) is 0 Å². The van der Waals surface area contributed by atoms with Crippen LogP contribution in [0.15, 0.2) is 0 Å². The van der Waals surface area contributed by atoms with E-state index in [1.54, 1.807) is 0 Å². The molecule has 0 saturated heterocycles. The van der Waals surface area contributed by atoms with E-state index >= 15 is 0 Å². The van der Waals surface area contributed by atoms with E-state index in [0.717, 1.165) is 24.2 Å². The lowest BCUT2D eigenvalue weighted by Gasteiger charge is -2.31. The fourth-order valence-electron chi connectivity index (χ4n) is 3.77. The number of hydrogen-bond acceptors (Lipinski definition) is 1. The van der Waals surface area contributed by atoms with Crippen LogP contribution >= 0.6 is 0 Å². The average molecular weight is 164 g/mol. The summed E-state index contributed by atoms with van der Waals surface area (Å²) in [4.78, 5) is 11.7. The van der Waals surface area contributed by atoms with Crippen molar-refractivity contribution in [3.05, 3.63) is 0 Å². The highest BCUT2D eigenvalue weighted by Gasteiger charge is 2.45. The van der Waals surface area contributed by atoms with E-state index in [2.05, 4.69) is 0 Å². The van der Waals surface area contributed by atoms with Crippen molar-refractivity contribution in [1.29, 1.82) is 0 Å². The normalized spacial score (nSPS) is 51.2. The number of carbonyl (C=O) groups is 1. The molecule has 0 aromatic rings. The fourth-order valence-corrected chi connectivity index (χ4v) is 3.77. The smallest absolute Gasteiger partial charge is 0.136 e. The highest BCUT2D eigenvalue weighted by Crippen LogP contribution is 2.51. The number of Topliss-reactive ketones (excluding diaryl/α,β-unsaturated/α-hetero) is 1. The van der Waals surface area contributed by atoms with Crippen LogP contribution in [-0.2, 0) is 4.79 Å². The molecule has 0 amide bonds. The molecule has 1 nitrogen and oxygen atoms in total. The number of carbonyl (C=O) groups excluding carboxylic acids is 1. The predicted molar refractivity (Wildman–Crippen MR) is 46.7 cm³/mol. The molecule has 0 aromatic heterocycles. The van der Waals surface area contributed by atoms with Gasteiger partial charge in [0.2, 0.25) is 0 Å². The fraction of sp³-hybridized carbons (Fsp3) is 0.909. The number of rotatable bonds is 0. The molecule has 12 heavy (non-hydrogen) atoms. The van der Waals surface area contributed by atoms with E-state index in [-0.39, 0.29) is 0 Å². The summed E-state index contributed by atoms with van der Waals surface area (Å²) < 4.78 is 0. The van der Waals surface area contributed by atoms with Gasteiger partial charge in [-0.25, -0.2) is 0 Å². The first-order valence-corrected chi connectivity index (χ1v) is 5.35. The Labute approximate surface area is 73.5 Å². The van der Waals surface area contributed by atoms with Gasteiger partial charge in [0.1, 0.15) is 5.78 Å². The predicted octanol–water partition coefficient (Wildman–Crippen LogP) is 2.40. The maximum absolute atomic E-state index is 11.7. The minimum atomic E-state index is 0.506. The van der Waals surface area contributed by atoms with Crippen molar-refractivity contribution in [2.45, 2.75) is 38.5 Å². The molecule has 0 aliphatic heterocycles. The Morgan fingerprint density at radius 2 is 1.75 bits per heavy atom. The van der Waals surface area contributed by atoms with Crippen molar-refractivity contribution in [3.63, 3.8) is 0 Å². The standard InChI is InChI=1S/C11H16O/c12-11-6-8-2-1-7-3-9(4-8)10(11)5-7/h7-10H,1-6H2. The Morgan fingerprint density at radius 3 is 2.67 bits per heavy atom. The number of ketones is 1. The van der Waals surface area contributed by atoms with Crippen molar-refractivity contribution < 1.29 is 4.79 Å². The second-order valence-corrected chi connectivity index (χ2v) is 5.05. The summed E-state index contributed by atoms with van der Waals surface area (Å²) in [5.41, 5.74) is 0. The monoisotopic (exact) mass is 164 g/mol. The zero-order chi connectivity index (χ0) is 8.13. The topological polar surface area (TPSA) is 17.1 Å². The summed E-state index contributed by atoms with van der Waals surface area (Å²) in [6.45, 7) is 0. The molecular weight excluding hydrogens is 148 g/mol. The van der Waals surface area contributed by atoms with Gasteiger partial charge in [-0.05, 0) is 43.4 Å². The minimum absolute atomic E-state index is 0.506. The molecule has 0 aromatic carbocycles. The van der Waals surface area contributed by atoms with Gasteiger partial charge in [-0.2, -0.15) is 0 Å². The van der Waals surface area contributed by atoms with Crippen molar-refractivity contribution >= 4 is 5.78 Å². The van der Waals surface area contributed by atoms with E-state index in [1.807, 2.05) is 0 Å². The molecule has 0 heterocycles. The van der Waals surface area contributed by atoms with Gasteiger partial charge < -0.3 is 0 Å². The summed E-state index contributed by atoms with van der Waals surface area (Å²) in [7, 11) is 0. The van der Waals surface area contributed by atoms with Crippen LogP contribution in [0.1, 0.15) is 38.5 Å². The Bertz CT molecular complexity index is 221. The zero-order valence-corrected chi connectivity index (χ0v) is 7.46. The first-order chi connectivity index (χ1) is 5.83. The van der Waals surface area contributed by atoms with Crippen LogP contribution < -0.4 is 0 Å². The second kappa shape index (κ2) is 2.34. The Balaban J connectivity index is 1.95. The summed E-state index contributed by atoms with van der Waals surface area (Å²) in [6.07, 6.45) is 7.70. The van der Waals surface area contributed by atoms with Gasteiger partial charge in [-0.1, -0.05) is 6.42 Å². The quantitative estimate of drug-likeness (QED) is 0.537. The van der Waals surface area contributed by atoms with Crippen LogP contribution in [0.4, 0.5) is 0 Å². The van der Waals surface area contributed by atoms with E-state index in [4.69, 9.17) is 0 Å². The maximum Gasteiger partial charge on any atom is 0.136 e. The van der Waals surface area contributed by atoms with E-state index < -0.39 is 0 Å². The Hall–Kier alpha value is -0.330. The number of fused-ring (bicyclic) bond motifs is 2. The maximum atomic E-state index is 11.7. The summed E-state index contributed by atoms with van der Waals surface area (Å²) in [6, 6.07) is 0. The van der Waals surface area contributed by atoms with Gasteiger partial charge >= 0.3 is 0 Å². The molecule has 66 valence electrons. The third-order valence-corrected chi connectivity index (χ3v) is 4.32. The molecule has 3 rings (SSSR count). The third-order valence-electron chi connectivity index (χ3n) is 4.32. The molecule has 0 radical (unpaired) electrons. The van der Waals surface area contributed by atoms with Crippen LogP contribution in [-0.4, -0.2) is 5.78 Å². The lowest BCUT2D eigenvalue weighted by Crippen LogP contribution is -2.30. The van der Waals surface area contributed by atoms with Crippen LogP contribution in [0.3, 0.4) is 0 Å². The third kappa shape index (κ3) is 0.884.